The Balaban J connectivity index is 0.00000245. The number of benzene rings is 2. The predicted molar refractivity (Wildman–Crippen MR) is 120 cm³/mol. The van der Waals surface area contributed by atoms with Crippen LogP contribution in [0, 0.1) is 0 Å². The molecular formula is C23H27ClN2O6. The standard InChI is InChI=1S/C23H26N2O6.ClH/c1-28-18-5-3-17(4-6-18)25-14-19(31-22(25)26)13-24-10-8-23(27,9-11-24)16-2-7-20-21(12-16)30-15-29-20;/h2-7,12,19,27H,8-11,13-15H2,1H3;1H/t19-;/m0./s1. The van der Waals surface area contributed by atoms with Gasteiger partial charge in [0.25, 0.3) is 0 Å². The summed E-state index contributed by atoms with van der Waals surface area (Å²) in [5, 5.41) is 11.2. The van der Waals surface area contributed by atoms with Crippen molar-refractivity contribution in [3.8, 4) is 17.2 Å². The molecule has 0 radical (unpaired) electrons. The fraction of sp³-hybridized carbons (Fsp3) is 0.435. The van der Waals surface area contributed by atoms with E-state index in [9.17, 15) is 9.90 Å². The number of aliphatic hydroxyl groups is 1. The lowest BCUT2D eigenvalue weighted by molar-refractivity contribution is -0.0325. The number of piperidine rings is 1. The van der Waals surface area contributed by atoms with Crippen LogP contribution >= 0.6 is 12.4 Å². The largest absolute Gasteiger partial charge is 0.497 e. The van der Waals surface area contributed by atoms with Gasteiger partial charge < -0.3 is 24.1 Å². The fourth-order valence-electron chi connectivity index (χ4n) is 4.46. The first kappa shape index (κ1) is 22.5. The smallest absolute Gasteiger partial charge is 0.414 e. The van der Waals surface area contributed by atoms with Crippen molar-refractivity contribution in [3.63, 3.8) is 0 Å². The summed E-state index contributed by atoms with van der Waals surface area (Å²) in [6, 6.07) is 13.0. The first-order chi connectivity index (χ1) is 15.0. The van der Waals surface area contributed by atoms with Crippen LogP contribution in [0.3, 0.4) is 0 Å². The Labute approximate surface area is 193 Å². The zero-order valence-corrected chi connectivity index (χ0v) is 18.7. The van der Waals surface area contributed by atoms with Crippen LogP contribution in [-0.4, -0.2) is 62.3 Å². The van der Waals surface area contributed by atoms with Crippen LogP contribution in [0.5, 0.6) is 17.2 Å². The summed E-state index contributed by atoms with van der Waals surface area (Å²) in [6.45, 7) is 2.82. The van der Waals surface area contributed by atoms with Gasteiger partial charge in [-0.3, -0.25) is 9.80 Å². The first-order valence-electron chi connectivity index (χ1n) is 10.5. The molecule has 0 aromatic heterocycles. The summed E-state index contributed by atoms with van der Waals surface area (Å²) in [6.07, 6.45) is 0.681. The number of halogens is 1. The average Bonchev–Trinajstić information content (AvgIpc) is 3.41. The van der Waals surface area contributed by atoms with E-state index >= 15 is 0 Å². The molecule has 1 atom stereocenters. The van der Waals surface area contributed by atoms with Crippen molar-refractivity contribution >= 4 is 24.2 Å². The van der Waals surface area contributed by atoms with Gasteiger partial charge in [-0.2, -0.15) is 0 Å². The van der Waals surface area contributed by atoms with Crippen molar-refractivity contribution < 1.29 is 28.8 Å². The van der Waals surface area contributed by atoms with Crippen molar-refractivity contribution in [2.45, 2.75) is 24.5 Å². The van der Waals surface area contributed by atoms with E-state index in [1.807, 2.05) is 42.5 Å². The highest BCUT2D eigenvalue weighted by Gasteiger charge is 2.38. The lowest BCUT2D eigenvalue weighted by atomic mass is 9.84. The third-order valence-corrected chi connectivity index (χ3v) is 6.31. The van der Waals surface area contributed by atoms with E-state index in [0.29, 0.717) is 37.4 Å². The van der Waals surface area contributed by atoms with E-state index in [0.717, 1.165) is 30.1 Å². The molecule has 2 fully saturated rings. The zero-order valence-electron chi connectivity index (χ0n) is 17.9. The molecule has 3 heterocycles. The number of amides is 1. The number of nitrogens with zero attached hydrogens (tertiary/aromatic N) is 2. The molecule has 0 aliphatic carbocycles. The lowest BCUT2D eigenvalue weighted by Gasteiger charge is -2.39. The Kier molecular flexibility index (Phi) is 6.37. The summed E-state index contributed by atoms with van der Waals surface area (Å²) < 4.78 is 21.6. The Bertz CT molecular complexity index is 961. The number of likely N-dealkylation sites (tertiary alicyclic amines) is 1. The van der Waals surface area contributed by atoms with E-state index in [1.54, 1.807) is 12.0 Å². The average molecular weight is 463 g/mol. The number of ether oxygens (including phenoxy) is 4. The van der Waals surface area contributed by atoms with Gasteiger partial charge in [-0.1, -0.05) is 6.07 Å². The first-order valence-corrected chi connectivity index (χ1v) is 10.5. The second-order valence-electron chi connectivity index (χ2n) is 8.21. The molecule has 32 heavy (non-hydrogen) atoms. The van der Waals surface area contributed by atoms with Crippen LogP contribution < -0.4 is 19.1 Å². The van der Waals surface area contributed by atoms with Crippen molar-refractivity contribution in [1.82, 2.24) is 4.90 Å². The molecule has 0 spiro atoms. The number of rotatable bonds is 5. The van der Waals surface area contributed by atoms with Gasteiger partial charge in [0, 0.05) is 25.3 Å². The molecule has 2 aromatic carbocycles. The number of cyclic esters (lactones) is 1. The van der Waals surface area contributed by atoms with E-state index < -0.39 is 5.60 Å². The maximum atomic E-state index is 12.4. The molecule has 3 aliphatic heterocycles. The normalized spacial score (nSPS) is 21.8. The third kappa shape index (κ3) is 4.30. The third-order valence-electron chi connectivity index (χ3n) is 6.31. The van der Waals surface area contributed by atoms with Crippen LogP contribution in [-0.2, 0) is 10.3 Å². The molecule has 1 amide bonds. The van der Waals surface area contributed by atoms with Crippen LogP contribution in [0.25, 0.3) is 0 Å². The minimum Gasteiger partial charge on any atom is -0.497 e. The van der Waals surface area contributed by atoms with Gasteiger partial charge in [0.05, 0.1) is 19.3 Å². The molecule has 1 N–H and O–H groups in total. The number of carbonyl (C=O) groups excluding carboxylic acids is 1. The number of hydrogen-bond acceptors (Lipinski definition) is 7. The summed E-state index contributed by atoms with van der Waals surface area (Å²) >= 11 is 0. The number of hydrogen-bond donors (Lipinski definition) is 1. The predicted octanol–water partition coefficient (Wildman–Crippen LogP) is 3.15. The fourth-order valence-corrected chi connectivity index (χ4v) is 4.46. The second kappa shape index (κ2) is 9.05. The topological polar surface area (TPSA) is 80.7 Å². The van der Waals surface area contributed by atoms with Crippen molar-refractivity contribution in [2.24, 2.45) is 0 Å². The Morgan fingerprint density at radius 1 is 1.09 bits per heavy atom. The number of methoxy groups -OCH3 is 1. The van der Waals surface area contributed by atoms with Crippen molar-refractivity contribution in [1.29, 1.82) is 0 Å². The van der Waals surface area contributed by atoms with E-state index in [2.05, 4.69) is 4.90 Å². The Morgan fingerprint density at radius 2 is 1.81 bits per heavy atom. The quantitative estimate of drug-likeness (QED) is 0.731. The van der Waals surface area contributed by atoms with Crippen LogP contribution in [0.4, 0.5) is 10.5 Å². The summed E-state index contributed by atoms with van der Waals surface area (Å²) in [5.74, 6) is 2.15. The molecule has 2 saturated heterocycles. The van der Waals surface area contributed by atoms with Crippen LogP contribution in [0.1, 0.15) is 18.4 Å². The maximum Gasteiger partial charge on any atom is 0.414 e. The molecular weight excluding hydrogens is 436 g/mol. The van der Waals surface area contributed by atoms with E-state index in [4.69, 9.17) is 18.9 Å². The van der Waals surface area contributed by atoms with E-state index in [1.165, 1.54) is 0 Å². The van der Waals surface area contributed by atoms with Crippen molar-refractivity contribution in [3.05, 3.63) is 48.0 Å². The second-order valence-corrected chi connectivity index (χ2v) is 8.21. The van der Waals surface area contributed by atoms with Crippen molar-refractivity contribution in [2.75, 3.05) is 45.0 Å². The molecule has 0 unspecified atom stereocenters. The van der Waals surface area contributed by atoms with Gasteiger partial charge >= 0.3 is 6.09 Å². The Morgan fingerprint density at radius 3 is 2.53 bits per heavy atom. The number of carbonyl (C=O) groups is 1. The number of anilines is 1. The minimum absolute atomic E-state index is 0. The maximum absolute atomic E-state index is 12.4. The molecule has 9 heteroatoms. The van der Waals surface area contributed by atoms with Crippen LogP contribution in [0.15, 0.2) is 42.5 Å². The summed E-state index contributed by atoms with van der Waals surface area (Å²) in [4.78, 5) is 16.3. The molecule has 0 saturated carbocycles. The SMILES string of the molecule is COc1ccc(N2C[C@H](CN3CCC(O)(c4ccc5c(c4)OCO5)CC3)OC2=O)cc1.Cl. The van der Waals surface area contributed by atoms with Gasteiger partial charge in [-0.15, -0.1) is 12.4 Å². The van der Waals surface area contributed by atoms with Crippen LogP contribution in [0.2, 0.25) is 0 Å². The van der Waals surface area contributed by atoms with Gasteiger partial charge in [-0.25, -0.2) is 4.79 Å². The molecule has 0 bridgehead atoms. The minimum atomic E-state index is -0.890. The highest BCUT2D eigenvalue weighted by molar-refractivity contribution is 5.89. The van der Waals surface area contributed by atoms with Gasteiger partial charge in [0.15, 0.2) is 11.5 Å². The van der Waals surface area contributed by atoms with Gasteiger partial charge in [0.1, 0.15) is 11.9 Å². The van der Waals surface area contributed by atoms with Gasteiger partial charge in [-0.05, 0) is 54.8 Å². The molecule has 2 aromatic rings. The summed E-state index contributed by atoms with van der Waals surface area (Å²) in [7, 11) is 1.61. The Hall–Kier alpha value is -2.68. The molecule has 8 nitrogen and oxygen atoms in total. The monoisotopic (exact) mass is 462 g/mol. The lowest BCUT2D eigenvalue weighted by Crippen LogP contribution is -2.45. The highest BCUT2D eigenvalue weighted by Crippen LogP contribution is 2.39. The molecule has 5 rings (SSSR count). The van der Waals surface area contributed by atoms with Gasteiger partial charge in [0.2, 0.25) is 6.79 Å². The van der Waals surface area contributed by atoms with E-state index in [-0.39, 0.29) is 31.4 Å². The highest BCUT2D eigenvalue weighted by atomic mass is 35.5. The zero-order chi connectivity index (χ0) is 21.4. The number of fused-ring (bicyclic) bond motifs is 1. The molecule has 3 aliphatic rings. The summed E-state index contributed by atoms with van der Waals surface area (Å²) in [5.41, 5.74) is 0.761. The molecule has 172 valence electrons.